The van der Waals surface area contributed by atoms with Crippen LogP contribution < -0.4 is 5.32 Å². The number of piperidine rings is 1. The van der Waals surface area contributed by atoms with Crippen molar-refractivity contribution in [3.8, 4) is 11.4 Å². The van der Waals surface area contributed by atoms with Crippen molar-refractivity contribution in [2.45, 2.75) is 56.9 Å². The van der Waals surface area contributed by atoms with Crippen LogP contribution in [0.25, 0.3) is 11.4 Å². The van der Waals surface area contributed by atoms with Crippen LogP contribution in [0.15, 0.2) is 28.8 Å². The molecule has 1 atom stereocenters. The van der Waals surface area contributed by atoms with Crippen molar-refractivity contribution in [1.82, 2.24) is 20.4 Å². The SMILES string of the molecule is O=C(NC1CCCCC1)N1CCC[C@@H](c2nc(-c3cccc(Cl)c3)no2)C1. The van der Waals surface area contributed by atoms with E-state index in [2.05, 4.69) is 15.5 Å². The minimum Gasteiger partial charge on any atom is -0.339 e. The smallest absolute Gasteiger partial charge is 0.317 e. The molecular formula is C20H25ClN4O2. The van der Waals surface area contributed by atoms with Gasteiger partial charge >= 0.3 is 6.03 Å². The van der Waals surface area contributed by atoms with E-state index >= 15 is 0 Å². The van der Waals surface area contributed by atoms with Crippen LogP contribution in [0.1, 0.15) is 56.8 Å². The van der Waals surface area contributed by atoms with Gasteiger partial charge in [-0.2, -0.15) is 4.98 Å². The Balaban J connectivity index is 1.40. The van der Waals surface area contributed by atoms with Crippen molar-refractivity contribution in [1.29, 1.82) is 0 Å². The fraction of sp³-hybridized carbons (Fsp3) is 0.550. The predicted molar refractivity (Wildman–Crippen MR) is 104 cm³/mol. The zero-order valence-corrected chi connectivity index (χ0v) is 16.1. The Bertz CT molecular complexity index is 788. The molecule has 1 aliphatic heterocycles. The van der Waals surface area contributed by atoms with Gasteiger partial charge < -0.3 is 14.7 Å². The van der Waals surface area contributed by atoms with Gasteiger partial charge in [-0.05, 0) is 37.8 Å². The number of nitrogens with one attached hydrogen (secondary N) is 1. The van der Waals surface area contributed by atoms with Crippen molar-refractivity contribution in [2.24, 2.45) is 0 Å². The summed E-state index contributed by atoms with van der Waals surface area (Å²) < 4.78 is 5.51. The summed E-state index contributed by atoms with van der Waals surface area (Å²) in [6, 6.07) is 7.78. The van der Waals surface area contributed by atoms with E-state index in [9.17, 15) is 4.79 Å². The van der Waals surface area contributed by atoms with Crippen molar-refractivity contribution < 1.29 is 9.32 Å². The molecular weight excluding hydrogens is 364 g/mol. The van der Waals surface area contributed by atoms with Gasteiger partial charge in [0.2, 0.25) is 11.7 Å². The highest BCUT2D eigenvalue weighted by atomic mass is 35.5. The first-order chi connectivity index (χ1) is 13.2. The lowest BCUT2D eigenvalue weighted by Gasteiger charge is -2.33. The number of urea groups is 1. The number of halogens is 1. The summed E-state index contributed by atoms with van der Waals surface area (Å²) in [6.07, 6.45) is 7.78. The van der Waals surface area contributed by atoms with Crippen molar-refractivity contribution in [2.75, 3.05) is 13.1 Å². The highest BCUT2D eigenvalue weighted by molar-refractivity contribution is 6.30. The van der Waals surface area contributed by atoms with E-state index in [0.29, 0.717) is 29.3 Å². The van der Waals surface area contributed by atoms with Gasteiger partial charge in [-0.3, -0.25) is 0 Å². The summed E-state index contributed by atoms with van der Waals surface area (Å²) in [5, 5.41) is 7.95. The van der Waals surface area contributed by atoms with Crippen LogP contribution >= 0.6 is 11.6 Å². The standard InChI is InChI=1S/C20H25ClN4O2/c21-16-8-4-6-14(12-16)18-23-19(27-24-18)15-7-5-11-25(13-15)20(26)22-17-9-2-1-3-10-17/h4,6,8,12,15,17H,1-3,5,7,9-11,13H2,(H,22,26)/t15-/m1/s1. The summed E-state index contributed by atoms with van der Waals surface area (Å²) in [5.74, 6) is 1.22. The molecule has 1 aliphatic carbocycles. The summed E-state index contributed by atoms with van der Waals surface area (Å²) in [4.78, 5) is 19.1. The molecule has 2 aromatic rings. The molecule has 144 valence electrons. The first-order valence-corrected chi connectivity index (χ1v) is 10.2. The molecule has 1 saturated carbocycles. The number of benzene rings is 1. The molecule has 1 saturated heterocycles. The molecule has 0 spiro atoms. The van der Waals surface area contributed by atoms with Crippen molar-refractivity contribution in [3.05, 3.63) is 35.2 Å². The number of hydrogen-bond donors (Lipinski definition) is 1. The quantitative estimate of drug-likeness (QED) is 0.833. The molecule has 2 amide bonds. The Hall–Kier alpha value is -2.08. The zero-order valence-electron chi connectivity index (χ0n) is 15.4. The van der Waals surface area contributed by atoms with E-state index < -0.39 is 0 Å². The molecule has 1 aromatic carbocycles. The van der Waals surface area contributed by atoms with Gasteiger partial charge in [0.15, 0.2) is 0 Å². The maximum Gasteiger partial charge on any atom is 0.317 e. The minimum atomic E-state index is 0.0428. The number of amides is 2. The fourth-order valence-corrected chi connectivity index (χ4v) is 4.21. The Labute approximate surface area is 164 Å². The molecule has 6 nitrogen and oxygen atoms in total. The highest BCUT2D eigenvalue weighted by Crippen LogP contribution is 2.28. The molecule has 2 heterocycles. The topological polar surface area (TPSA) is 71.3 Å². The van der Waals surface area contributed by atoms with Crippen molar-refractivity contribution in [3.63, 3.8) is 0 Å². The molecule has 7 heteroatoms. The number of likely N-dealkylation sites (tertiary alicyclic amines) is 1. The second kappa shape index (κ2) is 8.30. The van der Waals surface area contributed by atoms with Gasteiger partial charge in [-0.15, -0.1) is 0 Å². The van der Waals surface area contributed by atoms with Gasteiger partial charge in [0.25, 0.3) is 0 Å². The third kappa shape index (κ3) is 4.43. The van der Waals surface area contributed by atoms with E-state index in [0.717, 1.165) is 37.8 Å². The van der Waals surface area contributed by atoms with Crippen molar-refractivity contribution >= 4 is 17.6 Å². The van der Waals surface area contributed by atoms with Crippen LogP contribution in [0, 0.1) is 0 Å². The van der Waals surface area contributed by atoms with E-state index in [-0.39, 0.29) is 11.9 Å². The number of aromatic nitrogens is 2. The molecule has 27 heavy (non-hydrogen) atoms. The molecule has 4 rings (SSSR count). The van der Waals surface area contributed by atoms with E-state index in [1.54, 1.807) is 0 Å². The molecule has 2 aliphatic rings. The van der Waals surface area contributed by atoms with Gasteiger partial charge in [0.05, 0.1) is 5.92 Å². The lowest BCUT2D eigenvalue weighted by molar-refractivity contribution is 0.166. The average molecular weight is 389 g/mol. The number of nitrogens with zero attached hydrogens (tertiary/aromatic N) is 3. The summed E-state index contributed by atoms with van der Waals surface area (Å²) >= 11 is 6.05. The Morgan fingerprint density at radius 3 is 2.85 bits per heavy atom. The van der Waals surface area contributed by atoms with Gasteiger partial charge in [0.1, 0.15) is 0 Å². The predicted octanol–water partition coefficient (Wildman–Crippen LogP) is 4.61. The van der Waals surface area contributed by atoms with Gasteiger partial charge in [-0.25, -0.2) is 4.79 Å². The summed E-state index contributed by atoms with van der Waals surface area (Å²) in [6.45, 7) is 1.40. The number of carbonyl (C=O) groups is 1. The van der Waals surface area contributed by atoms with Crippen LogP contribution in [0.3, 0.4) is 0 Å². The second-order valence-corrected chi connectivity index (χ2v) is 7.97. The Kier molecular flexibility index (Phi) is 5.62. The number of rotatable bonds is 3. The zero-order chi connectivity index (χ0) is 18.6. The highest BCUT2D eigenvalue weighted by Gasteiger charge is 2.29. The van der Waals surface area contributed by atoms with Crippen LogP contribution in [0.4, 0.5) is 4.79 Å². The number of hydrogen-bond acceptors (Lipinski definition) is 4. The fourth-order valence-electron chi connectivity index (χ4n) is 4.02. The van der Waals surface area contributed by atoms with Crippen LogP contribution in [-0.4, -0.2) is 40.2 Å². The Morgan fingerprint density at radius 2 is 2.04 bits per heavy atom. The minimum absolute atomic E-state index is 0.0428. The lowest BCUT2D eigenvalue weighted by Crippen LogP contribution is -2.48. The van der Waals surface area contributed by atoms with E-state index in [1.807, 2.05) is 29.2 Å². The first-order valence-electron chi connectivity index (χ1n) is 9.84. The monoisotopic (exact) mass is 388 g/mol. The molecule has 0 unspecified atom stereocenters. The maximum atomic E-state index is 12.6. The molecule has 0 bridgehead atoms. The van der Waals surface area contributed by atoms with E-state index in [4.69, 9.17) is 16.1 Å². The maximum absolute atomic E-state index is 12.6. The van der Waals surface area contributed by atoms with Crippen LogP contribution in [0.2, 0.25) is 5.02 Å². The lowest BCUT2D eigenvalue weighted by atomic mass is 9.95. The number of carbonyl (C=O) groups excluding carboxylic acids is 1. The average Bonchev–Trinajstić information content (AvgIpc) is 3.19. The van der Waals surface area contributed by atoms with Crippen LogP contribution in [0.5, 0.6) is 0 Å². The summed E-state index contributed by atoms with van der Waals surface area (Å²) in [5.41, 5.74) is 0.834. The third-order valence-electron chi connectivity index (χ3n) is 5.52. The second-order valence-electron chi connectivity index (χ2n) is 7.54. The first kappa shape index (κ1) is 18.3. The van der Waals surface area contributed by atoms with E-state index in [1.165, 1.54) is 19.3 Å². The molecule has 0 radical (unpaired) electrons. The normalized spacial score (nSPS) is 21.2. The largest absolute Gasteiger partial charge is 0.339 e. The van der Waals surface area contributed by atoms with Gasteiger partial charge in [-0.1, -0.05) is 48.2 Å². The Morgan fingerprint density at radius 1 is 1.19 bits per heavy atom. The molecule has 2 fully saturated rings. The van der Waals surface area contributed by atoms with Crippen LogP contribution in [-0.2, 0) is 0 Å². The molecule has 1 aromatic heterocycles. The van der Waals surface area contributed by atoms with Gasteiger partial charge in [0, 0.05) is 29.7 Å². The third-order valence-corrected chi connectivity index (χ3v) is 5.75. The molecule has 1 N–H and O–H groups in total. The summed E-state index contributed by atoms with van der Waals surface area (Å²) in [7, 11) is 0.